The zero-order valence-corrected chi connectivity index (χ0v) is 19.4. The van der Waals surface area contributed by atoms with Crippen molar-refractivity contribution in [3.8, 4) is 0 Å². The predicted molar refractivity (Wildman–Crippen MR) is 126 cm³/mol. The van der Waals surface area contributed by atoms with E-state index in [2.05, 4.69) is 10.6 Å². The number of primary amides is 1. The molecular weight excluding hydrogens is 456 g/mol. The smallest absolute Gasteiger partial charge is 0.250 e. The van der Waals surface area contributed by atoms with Gasteiger partial charge in [-0.3, -0.25) is 29.4 Å². The van der Waals surface area contributed by atoms with Crippen LogP contribution in [0.3, 0.4) is 0 Å². The number of nitrogens with one attached hydrogen (secondary N) is 2. The Hall–Kier alpha value is -3.23. The fourth-order valence-corrected chi connectivity index (χ4v) is 6.02. The highest BCUT2D eigenvalue weighted by Gasteiger charge is 2.70. The number of halogens is 1. The molecule has 1 spiro atoms. The van der Waals surface area contributed by atoms with Crippen molar-refractivity contribution >= 4 is 40.9 Å². The monoisotopic (exact) mass is 480 g/mol. The lowest BCUT2D eigenvalue weighted by molar-refractivity contribution is -0.142. The number of hydrogen-bond acceptors (Lipinski definition) is 5. The number of carbonyl (C=O) groups excluding carboxylic acids is 4. The van der Waals surface area contributed by atoms with Crippen LogP contribution in [0.15, 0.2) is 42.5 Å². The number of anilines is 1. The summed E-state index contributed by atoms with van der Waals surface area (Å²) in [7, 11) is 0. The molecule has 9 heteroatoms. The van der Waals surface area contributed by atoms with Gasteiger partial charge in [0.1, 0.15) is 5.54 Å². The molecule has 2 fully saturated rings. The van der Waals surface area contributed by atoms with Crippen molar-refractivity contribution in [2.75, 3.05) is 11.9 Å². The lowest BCUT2D eigenvalue weighted by atomic mass is 9.76. The normalized spacial score (nSPS) is 27.3. The van der Waals surface area contributed by atoms with E-state index in [-0.39, 0.29) is 31.2 Å². The molecule has 0 aliphatic carbocycles. The molecule has 0 bridgehead atoms. The standard InChI is InChI=1S/C25H25ClN4O4/c1-13-11-15(26)12-16-21(13)28-24(34)25(16)20-19(17(29-25)7-8-18(27)31)22(32)30(23(20)33)10-9-14-5-3-2-4-6-14/h2-6,11-12,17,19-20,29H,7-10H2,1H3,(H2,27,31)(H,28,34)/t17-,19+,20+,25-/m0/s1. The highest BCUT2D eigenvalue weighted by molar-refractivity contribution is 6.31. The highest BCUT2D eigenvalue weighted by Crippen LogP contribution is 2.54. The van der Waals surface area contributed by atoms with Crippen LogP contribution in [0, 0.1) is 18.8 Å². The molecule has 3 aliphatic heterocycles. The van der Waals surface area contributed by atoms with Crippen LogP contribution in [-0.2, 0) is 31.1 Å². The maximum Gasteiger partial charge on any atom is 0.250 e. The summed E-state index contributed by atoms with van der Waals surface area (Å²) in [5.41, 5.74) is 6.86. The van der Waals surface area contributed by atoms with Crippen molar-refractivity contribution in [1.82, 2.24) is 10.2 Å². The van der Waals surface area contributed by atoms with E-state index in [9.17, 15) is 19.2 Å². The van der Waals surface area contributed by atoms with Crippen molar-refractivity contribution in [3.63, 3.8) is 0 Å². The van der Waals surface area contributed by atoms with Gasteiger partial charge in [-0.15, -0.1) is 0 Å². The van der Waals surface area contributed by atoms with Crippen LogP contribution in [-0.4, -0.2) is 41.1 Å². The minimum absolute atomic E-state index is 0.0332. The quantitative estimate of drug-likeness (QED) is 0.545. The first-order valence-corrected chi connectivity index (χ1v) is 11.7. The Kier molecular flexibility index (Phi) is 5.45. The predicted octanol–water partition coefficient (Wildman–Crippen LogP) is 1.88. The molecule has 4 amide bonds. The van der Waals surface area contributed by atoms with Crippen molar-refractivity contribution < 1.29 is 19.2 Å². The number of carbonyl (C=O) groups is 4. The minimum atomic E-state index is -1.44. The molecule has 0 aromatic heterocycles. The summed E-state index contributed by atoms with van der Waals surface area (Å²) in [4.78, 5) is 53.6. The van der Waals surface area contributed by atoms with E-state index in [0.717, 1.165) is 11.1 Å². The third kappa shape index (κ3) is 3.32. The Morgan fingerprint density at radius 1 is 1.15 bits per heavy atom. The topological polar surface area (TPSA) is 122 Å². The van der Waals surface area contributed by atoms with Crippen molar-refractivity contribution in [3.05, 3.63) is 64.2 Å². The number of fused-ring (bicyclic) bond motifs is 4. The van der Waals surface area contributed by atoms with Gasteiger partial charge in [-0.2, -0.15) is 0 Å². The van der Waals surface area contributed by atoms with Gasteiger partial charge < -0.3 is 11.1 Å². The molecule has 34 heavy (non-hydrogen) atoms. The lowest BCUT2D eigenvalue weighted by Gasteiger charge is -2.29. The van der Waals surface area contributed by atoms with E-state index in [4.69, 9.17) is 17.3 Å². The van der Waals surface area contributed by atoms with E-state index < -0.39 is 35.2 Å². The second kappa shape index (κ2) is 8.21. The summed E-state index contributed by atoms with van der Waals surface area (Å²) in [6, 6.07) is 12.4. The average molecular weight is 481 g/mol. The fraction of sp³-hybridized carbons (Fsp3) is 0.360. The van der Waals surface area contributed by atoms with E-state index in [1.54, 1.807) is 12.1 Å². The molecule has 0 unspecified atom stereocenters. The molecule has 2 aromatic rings. The Balaban J connectivity index is 1.55. The number of amides is 4. The summed E-state index contributed by atoms with van der Waals surface area (Å²) in [5, 5.41) is 6.62. The van der Waals surface area contributed by atoms with Crippen LogP contribution in [0.4, 0.5) is 5.69 Å². The van der Waals surface area contributed by atoms with Crippen molar-refractivity contribution in [1.29, 1.82) is 0 Å². The molecule has 4 N–H and O–H groups in total. The van der Waals surface area contributed by atoms with Gasteiger partial charge in [-0.05, 0) is 43.0 Å². The first kappa shape index (κ1) is 22.6. The molecule has 2 aromatic carbocycles. The van der Waals surface area contributed by atoms with E-state index in [1.165, 1.54) is 4.90 Å². The molecule has 5 rings (SSSR count). The van der Waals surface area contributed by atoms with Gasteiger partial charge in [0.25, 0.3) is 0 Å². The molecule has 3 aliphatic rings. The van der Waals surface area contributed by atoms with Gasteiger partial charge in [-0.1, -0.05) is 41.9 Å². The van der Waals surface area contributed by atoms with Gasteiger partial charge in [0.2, 0.25) is 23.6 Å². The zero-order chi connectivity index (χ0) is 24.2. The number of nitrogens with zero attached hydrogens (tertiary/aromatic N) is 1. The summed E-state index contributed by atoms with van der Waals surface area (Å²) >= 11 is 6.34. The largest absolute Gasteiger partial charge is 0.370 e. The number of aryl methyl sites for hydroxylation is 1. The Morgan fingerprint density at radius 2 is 1.88 bits per heavy atom. The van der Waals surface area contributed by atoms with E-state index in [0.29, 0.717) is 22.7 Å². The van der Waals surface area contributed by atoms with Crippen molar-refractivity contribution in [2.24, 2.45) is 17.6 Å². The van der Waals surface area contributed by atoms with Gasteiger partial charge in [0.05, 0.1) is 11.8 Å². The minimum Gasteiger partial charge on any atom is -0.370 e. The Morgan fingerprint density at radius 3 is 2.59 bits per heavy atom. The van der Waals surface area contributed by atoms with Gasteiger partial charge in [-0.25, -0.2) is 0 Å². The Bertz CT molecular complexity index is 1220. The molecule has 3 heterocycles. The van der Waals surface area contributed by atoms with Crippen LogP contribution in [0.1, 0.15) is 29.5 Å². The third-order valence-corrected chi connectivity index (χ3v) is 7.46. The number of likely N-dealkylation sites (tertiary alicyclic amines) is 1. The SMILES string of the molecule is Cc1cc(Cl)cc2c1NC(=O)[C@]21N[C@@H](CCC(N)=O)[C@H]2C(=O)N(CCc3ccccc3)C(=O)[C@@H]21. The number of rotatable bonds is 6. The number of benzene rings is 2. The summed E-state index contributed by atoms with van der Waals surface area (Å²) in [6.45, 7) is 2.05. The zero-order valence-electron chi connectivity index (χ0n) is 18.6. The fourth-order valence-electron chi connectivity index (χ4n) is 5.75. The van der Waals surface area contributed by atoms with Crippen LogP contribution >= 0.6 is 11.6 Å². The van der Waals surface area contributed by atoms with Crippen LogP contribution in [0.5, 0.6) is 0 Å². The first-order valence-electron chi connectivity index (χ1n) is 11.3. The third-order valence-electron chi connectivity index (χ3n) is 7.25. The average Bonchev–Trinajstić information content (AvgIpc) is 3.37. The van der Waals surface area contributed by atoms with E-state index in [1.807, 2.05) is 37.3 Å². The van der Waals surface area contributed by atoms with Crippen LogP contribution < -0.4 is 16.4 Å². The van der Waals surface area contributed by atoms with Gasteiger partial charge in [0.15, 0.2) is 0 Å². The van der Waals surface area contributed by atoms with Crippen molar-refractivity contribution in [2.45, 2.75) is 37.8 Å². The summed E-state index contributed by atoms with van der Waals surface area (Å²) in [5.74, 6) is -3.33. The van der Waals surface area contributed by atoms with Gasteiger partial charge in [0, 0.05) is 35.3 Å². The molecule has 0 radical (unpaired) electrons. The first-order chi connectivity index (χ1) is 16.2. The maximum absolute atomic E-state index is 13.7. The summed E-state index contributed by atoms with van der Waals surface area (Å²) in [6.07, 6.45) is 0.787. The Labute approximate surface area is 201 Å². The lowest BCUT2D eigenvalue weighted by Crippen LogP contribution is -2.53. The molecule has 2 saturated heterocycles. The molecule has 0 saturated carbocycles. The molecule has 176 valence electrons. The highest BCUT2D eigenvalue weighted by atomic mass is 35.5. The molecule has 8 nitrogen and oxygen atoms in total. The second-order valence-electron chi connectivity index (χ2n) is 9.23. The molecular formula is C25H25ClN4O4. The maximum atomic E-state index is 13.7. The van der Waals surface area contributed by atoms with E-state index >= 15 is 0 Å². The number of hydrogen-bond donors (Lipinski definition) is 3. The van der Waals surface area contributed by atoms with Crippen LogP contribution in [0.2, 0.25) is 5.02 Å². The van der Waals surface area contributed by atoms with Crippen LogP contribution in [0.25, 0.3) is 0 Å². The second-order valence-corrected chi connectivity index (χ2v) is 9.67. The summed E-state index contributed by atoms with van der Waals surface area (Å²) < 4.78 is 0. The number of nitrogens with two attached hydrogens (primary N) is 1. The molecule has 4 atom stereocenters. The number of imide groups is 1. The van der Waals surface area contributed by atoms with Gasteiger partial charge >= 0.3 is 0 Å².